The molecule has 0 aromatic carbocycles. The molecule has 0 unspecified atom stereocenters. The molecule has 1 amide bonds. The molecule has 0 radical (unpaired) electrons. The fraction of sp³-hybridized carbons (Fsp3) is 0.333. The molecule has 8 heteroatoms. The number of carbonyl (C=O) groups excluding carboxylic acids is 1. The van der Waals surface area contributed by atoms with Crippen LogP contribution in [0.2, 0.25) is 0 Å². The smallest absolute Gasteiger partial charge is 0.254 e. The van der Waals surface area contributed by atoms with Gasteiger partial charge in [0.15, 0.2) is 11.6 Å². The van der Waals surface area contributed by atoms with Crippen LogP contribution in [-0.4, -0.2) is 37.5 Å². The highest BCUT2D eigenvalue weighted by Gasteiger charge is 2.29. The maximum Gasteiger partial charge on any atom is 0.254 e. The Morgan fingerprint density at radius 3 is 2.92 bits per heavy atom. The summed E-state index contributed by atoms with van der Waals surface area (Å²) in [6, 6.07) is 3.70. The summed E-state index contributed by atoms with van der Waals surface area (Å²) in [7, 11) is 0. The first-order valence-corrected chi connectivity index (χ1v) is 8.55. The average Bonchev–Trinajstić information content (AvgIpc) is 3.41. The van der Waals surface area contributed by atoms with Crippen molar-refractivity contribution in [3.63, 3.8) is 0 Å². The van der Waals surface area contributed by atoms with Crippen molar-refractivity contribution in [1.82, 2.24) is 30.4 Å². The third-order valence-corrected chi connectivity index (χ3v) is 4.19. The zero-order valence-electron chi connectivity index (χ0n) is 14.3. The summed E-state index contributed by atoms with van der Waals surface area (Å²) in [5.41, 5.74) is 1.88. The van der Waals surface area contributed by atoms with Crippen molar-refractivity contribution in [3.8, 4) is 11.4 Å². The van der Waals surface area contributed by atoms with Crippen molar-refractivity contribution in [1.29, 1.82) is 0 Å². The summed E-state index contributed by atoms with van der Waals surface area (Å²) in [4.78, 5) is 29.4. The molecular weight excluding hydrogens is 332 g/mol. The Labute approximate surface area is 150 Å². The minimum atomic E-state index is -0.217. The van der Waals surface area contributed by atoms with Crippen molar-refractivity contribution < 1.29 is 9.32 Å². The van der Waals surface area contributed by atoms with Crippen LogP contribution in [0, 0.1) is 6.92 Å². The normalized spacial score (nSPS) is 13.6. The topological polar surface area (TPSA) is 107 Å². The van der Waals surface area contributed by atoms with Gasteiger partial charge < -0.3 is 9.84 Å². The molecule has 3 aromatic rings. The van der Waals surface area contributed by atoms with Crippen LogP contribution >= 0.6 is 0 Å². The van der Waals surface area contributed by atoms with Gasteiger partial charge in [-0.05, 0) is 31.9 Å². The minimum absolute atomic E-state index is 0.217. The maximum absolute atomic E-state index is 12.4. The van der Waals surface area contributed by atoms with Crippen LogP contribution < -0.4 is 5.32 Å². The molecule has 3 heterocycles. The third kappa shape index (κ3) is 3.58. The number of hydrogen-bond donors (Lipinski definition) is 1. The van der Waals surface area contributed by atoms with Gasteiger partial charge >= 0.3 is 0 Å². The molecular formula is C18H18N6O2. The molecule has 0 aliphatic heterocycles. The molecule has 8 nitrogen and oxygen atoms in total. The predicted molar refractivity (Wildman–Crippen MR) is 92.3 cm³/mol. The Kier molecular flexibility index (Phi) is 4.39. The summed E-state index contributed by atoms with van der Waals surface area (Å²) in [5, 5.41) is 6.79. The largest absolute Gasteiger partial charge is 0.351 e. The Balaban J connectivity index is 1.36. The lowest BCUT2D eigenvalue weighted by Gasteiger charge is -2.07. The lowest BCUT2D eigenvalue weighted by Crippen LogP contribution is -2.27. The third-order valence-electron chi connectivity index (χ3n) is 4.19. The minimum Gasteiger partial charge on any atom is -0.351 e. The summed E-state index contributed by atoms with van der Waals surface area (Å²) in [6.45, 7) is 2.21. The summed E-state index contributed by atoms with van der Waals surface area (Å²) in [5.74, 6) is 2.09. The van der Waals surface area contributed by atoms with E-state index in [9.17, 15) is 4.79 Å². The summed E-state index contributed by atoms with van der Waals surface area (Å²) < 4.78 is 5.21. The van der Waals surface area contributed by atoms with E-state index < -0.39 is 0 Å². The molecule has 0 spiro atoms. The second kappa shape index (κ2) is 6.99. The number of amides is 1. The van der Waals surface area contributed by atoms with Gasteiger partial charge in [-0.1, -0.05) is 5.16 Å². The van der Waals surface area contributed by atoms with Gasteiger partial charge in [0.05, 0.1) is 11.3 Å². The van der Waals surface area contributed by atoms with Gasteiger partial charge in [-0.2, -0.15) is 4.98 Å². The lowest BCUT2D eigenvalue weighted by molar-refractivity contribution is 0.0952. The maximum atomic E-state index is 12.4. The zero-order valence-corrected chi connectivity index (χ0v) is 14.3. The van der Waals surface area contributed by atoms with E-state index in [2.05, 4.69) is 30.4 Å². The van der Waals surface area contributed by atoms with E-state index in [-0.39, 0.29) is 5.91 Å². The first-order chi connectivity index (χ1) is 12.7. The number of carbonyl (C=O) groups is 1. The van der Waals surface area contributed by atoms with Crippen molar-refractivity contribution in [2.45, 2.75) is 32.1 Å². The highest BCUT2D eigenvalue weighted by molar-refractivity contribution is 5.95. The van der Waals surface area contributed by atoms with Gasteiger partial charge in [0.2, 0.25) is 5.89 Å². The molecule has 132 valence electrons. The van der Waals surface area contributed by atoms with Gasteiger partial charge in [-0.15, -0.1) is 0 Å². The Hall–Kier alpha value is -3.16. The molecule has 0 saturated heterocycles. The van der Waals surface area contributed by atoms with Gasteiger partial charge in [-0.3, -0.25) is 9.78 Å². The van der Waals surface area contributed by atoms with Gasteiger partial charge in [-0.25, -0.2) is 9.97 Å². The first-order valence-electron chi connectivity index (χ1n) is 8.55. The number of pyridine rings is 1. The molecule has 0 atom stereocenters. The van der Waals surface area contributed by atoms with E-state index in [0.29, 0.717) is 47.7 Å². The fourth-order valence-electron chi connectivity index (χ4n) is 2.57. The first kappa shape index (κ1) is 16.3. The van der Waals surface area contributed by atoms with E-state index in [4.69, 9.17) is 4.52 Å². The molecule has 1 N–H and O–H groups in total. The van der Waals surface area contributed by atoms with Gasteiger partial charge in [0.1, 0.15) is 0 Å². The highest BCUT2D eigenvalue weighted by atomic mass is 16.5. The zero-order chi connectivity index (χ0) is 17.9. The molecule has 3 aromatic heterocycles. The van der Waals surface area contributed by atoms with Crippen molar-refractivity contribution in [3.05, 3.63) is 53.7 Å². The number of aromatic nitrogens is 5. The quantitative estimate of drug-likeness (QED) is 0.725. The molecule has 1 saturated carbocycles. The molecule has 4 rings (SSSR count). The van der Waals surface area contributed by atoms with Crippen molar-refractivity contribution in [2.75, 3.05) is 6.54 Å². The van der Waals surface area contributed by atoms with Crippen molar-refractivity contribution >= 4 is 5.91 Å². The van der Waals surface area contributed by atoms with E-state index in [1.807, 2.05) is 12.1 Å². The Bertz CT molecular complexity index is 920. The van der Waals surface area contributed by atoms with E-state index in [0.717, 1.165) is 18.4 Å². The molecule has 26 heavy (non-hydrogen) atoms. The molecule has 1 aliphatic carbocycles. The molecule has 1 fully saturated rings. The summed E-state index contributed by atoms with van der Waals surface area (Å²) in [6.07, 6.45) is 7.68. The standard InChI is InChI=1S/C18H18N6O2/c1-11-14(10-21-16(22-11)13-3-2-7-19-9-13)17(25)20-8-6-15-23-18(26-24-15)12-4-5-12/h2-3,7,9-10,12H,4-6,8H2,1H3,(H,20,25). The number of rotatable bonds is 6. The number of nitrogens with one attached hydrogen (secondary N) is 1. The summed E-state index contributed by atoms with van der Waals surface area (Å²) >= 11 is 0. The lowest BCUT2D eigenvalue weighted by atomic mass is 10.2. The van der Waals surface area contributed by atoms with Crippen LogP contribution in [0.5, 0.6) is 0 Å². The van der Waals surface area contributed by atoms with Gasteiger partial charge in [0, 0.05) is 43.0 Å². The SMILES string of the molecule is Cc1nc(-c2cccnc2)ncc1C(=O)NCCc1noc(C2CC2)n1. The van der Waals surface area contributed by atoms with Crippen LogP contribution in [0.1, 0.15) is 46.5 Å². The van der Waals surface area contributed by atoms with Crippen LogP contribution in [0.15, 0.2) is 35.2 Å². The number of nitrogens with zero attached hydrogens (tertiary/aromatic N) is 5. The van der Waals surface area contributed by atoms with E-state index in [1.165, 1.54) is 0 Å². The Morgan fingerprint density at radius 2 is 2.19 bits per heavy atom. The van der Waals surface area contributed by atoms with Crippen LogP contribution in [0.3, 0.4) is 0 Å². The van der Waals surface area contributed by atoms with Crippen molar-refractivity contribution in [2.24, 2.45) is 0 Å². The highest BCUT2D eigenvalue weighted by Crippen LogP contribution is 2.38. The molecule has 0 bridgehead atoms. The molecule has 1 aliphatic rings. The number of aryl methyl sites for hydroxylation is 1. The van der Waals surface area contributed by atoms with Crippen LogP contribution in [-0.2, 0) is 6.42 Å². The average molecular weight is 350 g/mol. The Morgan fingerprint density at radius 1 is 1.31 bits per heavy atom. The number of hydrogen-bond acceptors (Lipinski definition) is 7. The monoisotopic (exact) mass is 350 g/mol. The van der Waals surface area contributed by atoms with Crippen LogP contribution in [0.25, 0.3) is 11.4 Å². The van der Waals surface area contributed by atoms with E-state index in [1.54, 1.807) is 25.5 Å². The van der Waals surface area contributed by atoms with Crippen LogP contribution in [0.4, 0.5) is 0 Å². The van der Waals surface area contributed by atoms with E-state index >= 15 is 0 Å². The van der Waals surface area contributed by atoms with Gasteiger partial charge in [0.25, 0.3) is 5.91 Å². The second-order valence-corrected chi connectivity index (χ2v) is 6.26. The predicted octanol–water partition coefficient (Wildman–Crippen LogP) is 2.08. The second-order valence-electron chi connectivity index (χ2n) is 6.26. The fourth-order valence-corrected chi connectivity index (χ4v) is 2.57.